The molecule has 0 unspecified atom stereocenters. The molecule has 0 amide bonds. The van der Waals surface area contributed by atoms with Crippen LogP contribution in [0.3, 0.4) is 0 Å². The topological polar surface area (TPSA) is 340 Å². The summed E-state index contributed by atoms with van der Waals surface area (Å²) in [6.07, 6.45) is -16.7. The molecule has 24 heteroatoms. The summed E-state index contributed by atoms with van der Waals surface area (Å²) in [4.78, 5) is 11.3. The maximum absolute atomic E-state index is 11.3. The molecule has 0 aromatic rings. The highest BCUT2D eigenvalue weighted by Crippen LogP contribution is 2.32. The van der Waals surface area contributed by atoms with Crippen LogP contribution < -0.4 is 4.72 Å². The van der Waals surface area contributed by atoms with Crippen LogP contribution in [0.25, 0.3) is 0 Å². The predicted octanol–water partition coefficient (Wildman–Crippen LogP) is -5.21. The molecule has 210 valence electrons. The number of carboxylic acids is 1. The average molecular weight is 593 g/mol. The van der Waals surface area contributed by atoms with Gasteiger partial charge in [0, 0.05) is 0 Å². The van der Waals surface area contributed by atoms with Crippen molar-refractivity contribution in [3.05, 3.63) is 11.5 Å². The first-order chi connectivity index (χ1) is 16.2. The first kappa shape index (κ1) is 30.4. The number of aliphatic hydroxyl groups excluding tert-OH is 4. The number of carboxylic acid groups (broad SMARTS) is 1. The molecule has 2 aliphatic rings. The smallest absolute Gasteiger partial charge is 0.397 e. The summed E-state index contributed by atoms with van der Waals surface area (Å²) in [6, 6.07) is -2.20. The highest BCUT2D eigenvalue weighted by molar-refractivity contribution is 7.83. The van der Waals surface area contributed by atoms with E-state index in [0.717, 1.165) is 0 Å². The Morgan fingerprint density at radius 2 is 1.56 bits per heavy atom. The van der Waals surface area contributed by atoms with Crippen molar-refractivity contribution in [2.24, 2.45) is 0 Å². The SMILES string of the molecule is O=C(O)C1=C(O)[C@H](O)[C@@H](OS(=O)(=O)O)[C@@H](O[C@H]2[C@H](O)[C@@H](NS(=O)(=O)O)[C@H](O)O[C@@H]2COS(=O)(=O)O)O1. The first-order valence-corrected chi connectivity index (χ1v) is 13.1. The van der Waals surface area contributed by atoms with Crippen molar-refractivity contribution in [3.63, 3.8) is 0 Å². The first-order valence-electron chi connectivity index (χ1n) is 8.90. The third kappa shape index (κ3) is 8.11. The van der Waals surface area contributed by atoms with Gasteiger partial charge in [0.1, 0.15) is 30.5 Å². The van der Waals surface area contributed by atoms with Crippen molar-refractivity contribution in [1.29, 1.82) is 0 Å². The Balaban J connectivity index is 2.49. The van der Waals surface area contributed by atoms with Crippen LogP contribution in [0.2, 0.25) is 0 Å². The summed E-state index contributed by atoms with van der Waals surface area (Å²) in [7, 11) is -15.9. The molecule has 2 aliphatic heterocycles. The lowest BCUT2D eigenvalue weighted by molar-refractivity contribution is -0.305. The molecular weight excluding hydrogens is 574 g/mol. The van der Waals surface area contributed by atoms with Gasteiger partial charge in [-0.3, -0.25) is 13.7 Å². The van der Waals surface area contributed by atoms with E-state index in [9.17, 15) is 50.5 Å². The molecule has 0 aromatic heterocycles. The van der Waals surface area contributed by atoms with Gasteiger partial charge < -0.3 is 39.7 Å². The Bertz CT molecular complexity index is 1180. The number of nitrogens with one attached hydrogen (secondary N) is 1. The van der Waals surface area contributed by atoms with Crippen LogP contribution in [0.5, 0.6) is 0 Å². The molecule has 21 nitrogen and oxygen atoms in total. The second-order valence-corrected chi connectivity index (χ2v) is 10.3. The van der Waals surface area contributed by atoms with Crippen LogP contribution in [0.15, 0.2) is 11.5 Å². The standard InChI is InChI=1S/C12H19NO20S3/c14-4-3(13-34(20,21)22)11(19)30-2(1-29-35(23,24)25)7(4)31-12-9(33-36(26,27)28)6(16)5(15)8(32-12)10(17)18/h2-4,6-7,9,11-16,19H,1H2,(H,17,18)(H,20,21,22)(H,23,24,25)(H,26,27,28)/t2-,3-,4-,6+,7-,9-,11-,12+/m1/s1. The molecule has 1 saturated heterocycles. The summed E-state index contributed by atoms with van der Waals surface area (Å²) in [6.45, 7) is -1.30. The van der Waals surface area contributed by atoms with E-state index in [0.29, 0.717) is 0 Å². The largest absolute Gasteiger partial charge is 0.506 e. The quantitative estimate of drug-likeness (QED) is 0.107. The number of aliphatic carboxylic acids is 1. The van der Waals surface area contributed by atoms with Crippen molar-refractivity contribution in [2.75, 3.05) is 6.61 Å². The second kappa shape index (κ2) is 10.9. The maximum atomic E-state index is 11.3. The van der Waals surface area contributed by atoms with E-state index in [4.69, 9.17) is 33.0 Å². The van der Waals surface area contributed by atoms with Crippen LogP contribution in [-0.2, 0) is 58.5 Å². The van der Waals surface area contributed by atoms with E-state index in [1.54, 1.807) is 0 Å². The summed E-state index contributed by atoms with van der Waals surface area (Å²) in [5.41, 5.74) is 0. The van der Waals surface area contributed by atoms with Crippen molar-refractivity contribution < 1.29 is 91.8 Å². The Morgan fingerprint density at radius 3 is 2.03 bits per heavy atom. The van der Waals surface area contributed by atoms with Crippen molar-refractivity contribution in [3.8, 4) is 0 Å². The zero-order valence-corrected chi connectivity index (χ0v) is 19.5. The Hall–Kier alpha value is -1.78. The second-order valence-electron chi connectivity index (χ2n) is 6.93. The van der Waals surface area contributed by atoms with Gasteiger partial charge in [0.2, 0.25) is 12.0 Å². The molecule has 0 bridgehead atoms. The van der Waals surface area contributed by atoms with Crippen LogP contribution >= 0.6 is 0 Å². The molecule has 9 N–H and O–H groups in total. The van der Waals surface area contributed by atoms with Crippen LogP contribution in [0, 0.1) is 0 Å². The highest BCUT2D eigenvalue weighted by Gasteiger charge is 2.52. The summed E-state index contributed by atoms with van der Waals surface area (Å²) in [5, 5.41) is 49.4. The summed E-state index contributed by atoms with van der Waals surface area (Å²) < 4.78 is 117. The zero-order valence-electron chi connectivity index (χ0n) is 17.0. The molecule has 0 aromatic carbocycles. The van der Waals surface area contributed by atoms with Crippen molar-refractivity contribution in [2.45, 2.75) is 49.1 Å². The lowest BCUT2D eigenvalue weighted by Crippen LogP contribution is -2.66. The lowest BCUT2D eigenvalue weighted by atomic mass is 9.97. The summed E-state index contributed by atoms with van der Waals surface area (Å²) >= 11 is 0. The molecule has 0 radical (unpaired) electrons. The van der Waals surface area contributed by atoms with Gasteiger partial charge in [0.05, 0.1) is 6.61 Å². The Kier molecular flexibility index (Phi) is 9.23. The Morgan fingerprint density at radius 1 is 0.972 bits per heavy atom. The molecule has 0 saturated carbocycles. The van der Waals surface area contributed by atoms with E-state index in [2.05, 4.69) is 8.37 Å². The monoisotopic (exact) mass is 593 g/mol. The fourth-order valence-electron chi connectivity index (χ4n) is 3.03. The Labute approximate surface area is 201 Å². The lowest BCUT2D eigenvalue weighted by Gasteiger charge is -2.44. The molecule has 0 spiro atoms. The van der Waals surface area contributed by atoms with Gasteiger partial charge in [0.25, 0.3) is 0 Å². The van der Waals surface area contributed by atoms with Gasteiger partial charge in [-0.2, -0.15) is 30.0 Å². The van der Waals surface area contributed by atoms with E-state index in [1.165, 1.54) is 4.72 Å². The third-order valence-electron chi connectivity index (χ3n) is 4.40. The minimum absolute atomic E-state index is 1.30. The van der Waals surface area contributed by atoms with Gasteiger partial charge in [-0.25, -0.2) is 13.2 Å². The van der Waals surface area contributed by atoms with Gasteiger partial charge >= 0.3 is 37.1 Å². The normalized spacial score (nSPS) is 34.3. The number of hydrogen-bond acceptors (Lipinski definition) is 16. The van der Waals surface area contributed by atoms with Gasteiger partial charge in [-0.05, 0) is 0 Å². The maximum Gasteiger partial charge on any atom is 0.397 e. The van der Waals surface area contributed by atoms with Gasteiger partial charge in [-0.15, -0.1) is 0 Å². The predicted molar refractivity (Wildman–Crippen MR) is 102 cm³/mol. The minimum atomic E-state index is -5.49. The van der Waals surface area contributed by atoms with Crippen LogP contribution in [0.4, 0.5) is 0 Å². The molecule has 2 rings (SSSR count). The fraction of sp³-hybridized carbons (Fsp3) is 0.750. The minimum Gasteiger partial charge on any atom is -0.506 e. The van der Waals surface area contributed by atoms with Gasteiger partial charge in [-0.1, -0.05) is 0 Å². The number of aliphatic hydroxyl groups is 4. The fourth-order valence-corrected chi connectivity index (χ4v) is 4.41. The molecule has 2 heterocycles. The number of hydrogen-bond donors (Lipinski definition) is 9. The van der Waals surface area contributed by atoms with E-state index >= 15 is 0 Å². The molecule has 1 fully saturated rings. The van der Waals surface area contributed by atoms with E-state index < -0.39 is 104 Å². The number of ether oxygens (including phenoxy) is 3. The van der Waals surface area contributed by atoms with Crippen molar-refractivity contribution in [1.82, 2.24) is 4.72 Å². The molecular formula is C12H19NO20S3. The van der Waals surface area contributed by atoms with E-state index in [-0.39, 0.29) is 0 Å². The van der Waals surface area contributed by atoms with E-state index in [1.807, 2.05) is 0 Å². The summed E-state index contributed by atoms with van der Waals surface area (Å²) in [5.74, 6) is -5.02. The zero-order chi connectivity index (χ0) is 27.8. The molecule has 36 heavy (non-hydrogen) atoms. The highest BCUT2D eigenvalue weighted by atomic mass is 32.3. The van der Waals surface area contributed by atoms with Crippen LogP contribution in [-0.4, -0.2) is 126 Å². The number of rotatable bonds is 10. The molecule has 0 aliphatic carbocycles. The number of carbonyl (C=O) groups is 1. The average Bonchev–Trinajstić information content (AvgIpc) is 2.68. The van der Waals surface area contributed by atoms with Crippen molar-refractivity contribution >= 4 is 37.1 Å². The van der Waals surface area contributed by atoms with Gasteiger partial charge in [0.15, 0.2) is 18.2 Å². The molecule has 8 atom stereocenters. The van der Waals surface area contributed by atoms with Crippen LogP contribution in [0.1, 0.15) is 0 Å². The third-order valence-corrected chi connectivity index (χ3v) is 5.87.